The standard InChI is InChI=1S/C83H134N10O21S2/c1-16-54(6)61-45-70(99)64(48-94)87-77(106)66-21-17-29-92(66)78(107)57(43-60(97)49-111-39-38-110-37-19-20-58(95)27-28-68(80(109)114-83(13,14)15)91-35-33-89(46-71(100)112-81(7,8)9)31-32-90(34-36-91)47-72(101)113-82(10,11)12)50-115-116-51-65(73(84)102)88-74(103)56(40-52(2)3)44-69(98)62(41-53(4)5)85-76(105)67-22-18-30-93(67)79(108)63(86-75(61)104)42-55-23-25-59(96)26-24-55/h23-26,52-54,56-57,61-68,94,96H,16-22,27-51H2,1-15H3,(H2,84,102)(H,85,105)(H,86,104)(H,87,106)(H,88,103)/t54-,56+,57-,61-,62-,63-,64-,65-,66-,67-,68?/m0/s1. The molecule has 0 aliphatic carbocycles. The van der Waals surface area contributed by atoms with Crippen LogP contribution in [0.4, 0.5) is 0 Å². The van der Waals surface area contributed by atoms with Crippen LogP contribution in [0, 0.1) is 35.5 Å². The summed E-state index contributed by atoms with van der Waals surface area (Å²) < 4.78 is 28.8. The summed E-state index contributed by atoms with van der Waals surface area (Å²) in [6, 6.07) is -2.32. The minimum Gasteiger partial charge on any atom is -0.508 e. The highest BCUT2D eigenvalue weighted by molar-refractivity contribution is 8.76. The van der Waals surface area contributed by atoms with Crippen molar-refractivity contribution >= 4 is 104 Å². The molecule has 0 spiro atoms. The Morgan fingerprint density at radius 1 is 0.569 bits per heavy atom. The average molecular weight is 1670 g/mol. The molecule has 31 nitrogen and oxygen atoms in total. The van der Waals surface area contributed by atoms with Crippen molar-refractivity contribution in [3.8, 4) is 5.75 Å². The summed E-state index contributed by atoms with van der Waals surface area (Å²) in [5.74, 6) is -12.1. The zero-order valence-electron chi connectivity index (χ0n) is 71.2. The number of carbonyl (C=O) groups is 14. The number of benzene rings is 1. The lowest BCUT2D eigenvalue weighted by molar-refractivity contribution is -0.163. The van der Waals surface area contributed by atoms with E-state index in [0.29, 0.717) is 70.5 Å². The summed E-state index contributed by atoms with van der Waals surface area (Å²) in [6.07, 6.45) is 1.20. The van der Waals surface area contributed by atoms with Gasteiger partial charge in [-0.15, -0.1) is 0 Å². The number of phenolic OH excluding ortho intramolecular Hbond substituents is 1. The van der Waals surface area contributed by atoms with Gasteiger partial charge < -0.3 is 70.7 Å². The van der Waals surface area contributed by atoms with Crippen LogP contribution in [0.2, 0.25) is 0 Å². The molecule has 7 amide bonds. The molecular weight excluding hydrogens is 1540 g/mol. The van der Waals surface area contributed by atoms with Crippen molar-refractivity contribution in [3.63, 3.8) is 0 Å². The Hall–Kier alpha value is -7.14. The molecule has 4 fully saturated rings. The van der Waals surface area contributed by atoms with Gasteiger partial charge in [0.2, 0.25) is 41.4 Å². The SMILES string of the molecule is CC[C@H](C)[C@@H]1CC(=O)[C@H](CO)NC(=O)[C@@H]2CCCN2C(=O)[C@@H](CC(=O)COCCOCCCC(=O)CCC(C(=O)OC(C)(C)C)N2CCN(CC(=O)OC(C)(C)C)CCN(CC(=O)OC(C)(C)C)CC2)CSSC[C@@H](C(N)=O)NC(=O)[C@H](CC(C)C)CC(=O)[C@H](CC(C)C)NC(=O)[C@@H]2CCCN2C(=O)[C@H](Cc2ccc(O)cc2)NC1=O. The second-order valence-corrected chi connectivity index (χ2v) is 37.6. The number of ether oxygens (including phenoxy) is 5. The van der Waals surface area contributed by atoms with Gasteiger partial charge >= 0.3 is 17.9 Å². The number of nitrogens with one attached hydrogen (secondary N) is 4. The zero-order chi connectivity index (χ0) is 86.4. The number of Topliss-reactive ketones (excluding diaryl/α,β-unsaturated/α-hetero) is 4. The number of rotatable bonds is 30. The van der Waals surface area contributed by atoms with E-state index in [9.17, 15) is 72.5 Å². The first kappa shape index (κ1) is 99.4. The molecule has 33 heteroatoms. The normalized spacial score (nSPS) is 24.1. The lowest BCUT2D eigenvalue weighted by Crippen LogP contribution is -2.57. The Morgan fingerprint density at radius 2 is 1.09 bits per heavy atom. The van der Waals surface area contributed by atoms with Gasteiger partial charge in [-0.25, -0.2) is 0 Å². The molecule has 4 aliphatic heterocycles. The van der Waals surface area contributed by atoms with Gasteiger partial charge in [0.25, 0.3) is 0 Å². The second-order valence-electron chi connectivity index (χ2n) is 35.0. The molecular formula is C83H134N10O21S2. The van der Waals surface area contributed by atoms with Crippen LogP contribution in [0.1, 0.15) is 199 Å². The van der Waals surface area contributed by atoms with E-state index in [-0.39, 0.29) is 145 Å². The highest BCUT2D eigenvalue weighted by atomic mass is 33.1. The van der Waals surface area contributed by atoms with E-state index in [2.05, 4.69) is 21.3 Å². The van der Waals surface area contributed by atoms with Gasteiger partial charge in [-0.05, 0) is 149 Å². The molecule has 0 bridgehead atoms. The fourth-order valence-corrected chi connectivity index (χ4v) is 17.0. The third-order valence-corrected chi connectivity index (χ3v) is 23.1. The molecule has 1 unspecified atom stereocenters. The Kier molecular flexibility index (Phi) is 41.3. The van der Waals surface area contributed by atoms with Crippen LogP contribution >= 0.6 is 21.6 Å². The minimum atomic E-state index is -1.54. The van der Waals surface area contributed by atoms with E-state index in [1.54, 1.807) is 81.4 Å². The number of nitrogens with zero attached hydrogens (tertiary/aromatic N) is 5. The third-order valence-electron chi connectivity index (χ3n) is 20.6. The summed E-state index contributed by atoms with van der Waals surface area (Å²) >= 11 is 0. The number of ketones is 4. The molecule has 1 aromatic rings. The second kappa shape index (κ2) is 48.2. The lowest BCUT2D eigenvalue weighted by atomic mass is 9.85. The fourth-order valence-electron chi connectivity index (χ4n) is 14.5. The zero-order valence-corrected chi connectivity index (χ0v) is 72.9. The largest absolute Gasteiger partial charge is 0.508 e. The van der Waals surface area contributed by atoms with Crippen molar-refractivity contribution in [2.75, 3.05) is 110 Å². The van der Waals surface area contributed by atoms with Crippen molar-refractivity contribution in [3.05, 3.63) is 29.8 Å². The van der Waals surface area contributed by atoms with Gasteiger partial charge in [-0.3, -0.25) is 81.8 Å². The summed E-state index contributed by atoms with van der Waals surface area (Å²) in [5, 5.41) is 32.1. The van der Waals surface area contributed by atoms with Crippen molar-refractivity contribution in [2.45, 2.75) is 259 Å². The third kappa shape index (κ3) is 35.4. The summed E-state index contributed by atoms with van der Waals surface area (Å²) in [6.45, 7) is 28.3. The molecule has 0 radical (unpaired) electrons. The first-order chi connectivity index (χ1) is 54.4. The maximum absolute atomic E-state index is 15.0. The van der Waals surface area contributed by atoms with Crippen LogP contribution in [0.15, 0.2) is 24.3 Å². The van der Waals surface area contributed by atoms with E-state index >= 15 is 4.79 Å². The number of nitrogens with two attached hydrogens (primary N) is 1. The number of aliphatic hydroxyl groups is 1. The summed E-state index contributed by atoms with van der Waals surface area (Å²) in [7, 11) is 2.20. The fraction of sp³-hybridized carbons (Fsp3) is 0.759. The van der Waals surface area contributed by atoms with Crippen molar-refractivity contribution in [2.24, 2.45) is 41.2 Å². The number of amides is 7. The average Bonchev–Trinajstić information content (AvgIpc) is 1.58. The number of phenols is 1. The minimum absolute atomic E-state index is 0.0242. The number of hydrogen-bond acceptors (Lipinski definition) is 26. The lowest BCUT2D eigenvalue weighted by Gasteiger charge is -2.33. The Morgan fingerprint density at radius 3 is 1.62 bits per heavy atom. The number of fused-ring (bicyclic) bond motifs is 2. The molecule has 0 aromatic heterocycles. The van der Waals surface area contributed by atoms with E-state index in [1.165, 1.54) is 21.9 Å². The molecule has 0 saturated carbocycles. The molecule has 654 valence electrons. The first-order valence-corrected chi connectivity index (χ1v) is 43.8. The Bertz CT molecular complexity index is 3410. The number of hydrogen-bond donors (Lipinski definition) is 7. The number of aromatic hydroxyl groups is 1. The maximum atomic E-state index is 15.0. The topological polar surface area (TPSA) is 416 Å². The summed E-state index contributed by atoms with van der Waals surface area (Å²) in [5.41, 5.74) is 4.18. The van der Waals surface area contributed by atoms with Gasteiger partial charge in [-0.1, -0.05) is 81.7 Å². The monoisotopic (exact) mass is 1670 g/mol. The predicted molar refractivity (Wildman–Crippen MR) is 439 cm³/mol. The van der Waals surface area contributed by atoms with E-state index in [4.69, 9.17) is 29.4 Å². The van der Waals surface area contributed by atoms with Crippen molar-refractivity contribution in [1.82, 2.24) is 45.8 Å². The smallest absolute Gasteiger partial charge is 0.323 e. The Labute approximate surface area is 693 Å². The molecule has 11 atom stereocenters. The summed E-state index contributed by atoms with van der Waals surface area (Å²) in [4.78, 5) is 207. The molecule has 4 aliphatic rings. The van der Waals surface area contributed by atoms with Gasteiger partial charge in [0.05, 0.1) is 44.9 Å². The van der Waals surface area contributed by atoms with Gasteiger partial charge in [0.15, 0.2) is 17.3 Å². The predicted octanol–water partition coefficient (Wildman–Crippen LogP) is 5.07. The highest BCUT2D eigenvalue weighted by Gasteiger charge is 2.44. The van der Waals surface area contributed by atoms with E-state index in [0.717, 1.165) is 21.6 Å². The number of esters is 3. The quantitative estimate of drug-likeness (QED) is 0.0229. The van der Waals surface area contributed by atoms with E-state index < -0.39 is 179 Å². The van der Waals surface area contributed by atoms with Crippen LogP contribution in [0.3, 0.4) is 0 Å². The van der Waals surface area contributed by atoms with Crippen LogP contribution in [0.25, 0.3) is 0 Å². The van der Waals surface area contributed by atoms with E-state index in [1.807, 2.05) is 49.3 Å². The first-order valence-electron chi connectivity index (χ1n) is 41.3. The van der Waals surface area contributed by atoms with Crippen LogP contribution in [-0.4, -0.2) is 286 Å². The number of primary amides is 1. The molecule has 1 aromatic carbocycles. The highest BCUT2D eigenvalue weighted by Crippen LogP contribution is 2.32. The van der Waals surface area contributed by atoms with Gasteiger partial charge in [0.1, 0.15) is 71.2 Å². The van der Waals surface area contributed by atoms with Crippen LogP contribution < -0.4 is 27.0 Å². The molecule has 4 saturated heterocycles. The van der Waals surface area contributed by atoms with Crippen molar-refractivity contribution < 1.29 is 101 Å². The maximum Gasteiger partial charge on any atom is 0.323 e. The Balaban J connectivity index is 1.31. The van der Waals surface area contributed by atoms with Crippen LogP contribution in [-0.2, 0) is 97.2 Å². The molecule has 4 heterocycles. The molecule has 5 rings (SSSR count). The molecule has 8 N–H and O–H groups in total. The van der Waals surface area contributed by atoms with Gasteiger partial charge in [0, 0.05) is 121 Å². The number of aliphatic hydroxyl groups excluding tert-OH is 1. The van der Waals surface area contributed by atoms with Crippen molar-refractivity contribution in [1.29, 1.82) is 0 Å². The van der Waals surface area contributed by atoms with Gasteiger partial charge in [-0.2, -0.15) is 0 Å². The molecule has 116 heavy (non-hydrogen) atoms. The number of carbonyl (C=O) groups excluding carboxylic acids is 14. The van der Waals surface area contributed by atoms with Crippen LogP contribution in [0.5, 0.6) is 5.75 Å².